The largest absolute Gasteiger partial charge is 0.392 e. The van der Waals surface area contributed by atoms with Crippen LogP contribution in [0, 0.1) is 5.92 Å². The Labute approximate surface area is 149 Å². The molecule has 0 aliphatic carbocycles. The van der Waals surface area contributed by atoms with Crippen molar-refractivity contribution in [3.8, 4) is 0 Å². The molecule has 0 radical (unpaired) electrons. The Morgan fingerprint density at radius 3 is 2.72 bits per heavy atom. The average Bonchev–Trinajstić information content (AvgIpc) is 3.11. The minimum absolute atomic E-state index is 0.0631. The number of amides is 1. The number of aromatic amines is 1. The van der Waals surface area contributed by atoms with Gasteiger partial charge in [0.05, 0.1) is 17.9 Å². The zero-order chi connectivity index (χ0) is 17.6. The van der Waals surface area contributed by atoms with E-state index in [1.165, 1.54) is 0 Å². The molecule has 0 bridgehead atoms. The molecule has 1 aromatic carbocycles. The number of benzene rings is 1. The molecule has 5 nitrogen and oxygen atoms in total. The van der Waals surface area contributed by atoms with E-state index in [1.54, 1.807) is 6.20 Å². The number of carbonyl (C=O) groups is 1. The fraction of sp³-hybridized carbons (Fsp3) is 0.500. The maximum absolute atomic E-state index is 12.7. The summed E-state index contributed by atoms with van der Waals surface area (Å²) >= 11 is 0. The summed E-state index contributed by atoms with van der Waals surface area (Å²) in [6, 6.07) is 10.1. The van der Waals surface area contributed by atoms with Gasteiger partial charge in [-0.25, -0.2) is 0 Å². The van der Waals surface area contributed by atoms with E-state index in [2.05, 4.69) is 29.3 Å². The lowest BCUT2D eigenvalue weighted by atomic mass is 9.87. The molecule has 2 heterocycles. The predicted molar refractivity (Wildman–Crippen MR) is 97.4 cm³/mol. The van der Waals surface area contributed by atoms with Gasteiger partial charge in [0.1, 0.15) is 0 Å². The normalized spacial score (nSPS) is 16.8. The summed E-state index contributed by atoms with van der Waals surface area (Å²) in [5.41, 5.74) is 2.79. The van der Waals surface area contributed by atoms with Crippen LogP contribution >= 0.6 is 0 Å². The van der Waals surface area contributed by atoms with Crippen LogP contribution in [0.5, 0.6) is 0 Å². The standard InChI is InChI=1S/C20H27N3O2/c1-2-6-18-17(14-21-22-18)20(25)23-11-9-16(10-12-23)19(24)13-15-7-4-3-5-8-15/h3-5,7-8,14,16,19,24H,2,6,9-13H2,1H3,(H,21,22). The second-order valence-electron chi connectivity index (χ2n) is 6.90. The van der Waals surface area contributed by atoms with Gasteiger partial charge < -0.3 is 10.0 Å². The molecule has 2 N–H and O–H groups in total. The smallest absolute Gasteiger partial charge is 0.257 e. The van der Waals surface area contributed by atoms with Crippen molar-refractivity contribution in [1.82, 2.24) is 15.1 Å². The van der Waals surface area contributed by atoms with Crippen molar-refractivity contribution in [1.29, 1.82) is 0 Å². The minimum Gasteiger partial charge on any atom is -0.392 e. The van der Waals surface area contributed by atoms with E-state index < -0.39 is 0 Å². The number of rotatable bonds is 6. The average molecular weight is 341 g/mol. The third-order valence-corrected chi connectivity index (χ3v) is 5.11. The molecular weight excluding hydrogens is 314 g/mol. The molecule has 0 saturated carbocycles. The number of likely N-dealkylation sites (tertiary alicyclic amines) is 1. The summed E-state index contributed by atoms with van der Waals surface area (Å²) < 4.78 is 0. The minimum atomic E-state index is -0.343. The third-order valence-electron chi connectivity index (χ3n) is 5.11. The molecule has 1 atom stereocenters. The van der Waals surface area contributed by atoms with E-state index in [4.69, 9.17) is 0 Å². The summed E-state index contributed by atoms with van der Waals surface area (Å²) in [4.78, 5) is 14.6. The molecule has 0 spiro atoms. The molecule has 1 saturated heterocycles. The van der Waals surface area contributed by atoms with E-state index in [9.17, 15) is 9.90 Å². The highest BCUT2D eigenvalue weighted by Gasteiger charge is 2.29. The summed E-state index contributed by atoms with van der Waals surface area (Å²) in [5.74, 6) is 0.317. The van der Waals surface area contributed by atoms with E-state index in [-0.39, 0.29) is 17.9 Å². The first-order chi connectivity index (χ1) is 12.2. The van der Waals surface area contributed by atoms with Gasteiger partial charge in [0.2, 0.25) is 0 Å². The number of nitrogens with zero attached hydrogens (tertiary/aromatic N) is 2. The van der Waals surface area contributed by atoms with Crippen molar-refractivity contribution in [3.63, 3.8) is 0 Å². The quantitative estimate of drug-likeness (QED) is 0.849. The van der Waals surface area contributed by atoms with Crippen LogP contribution in [-0.4, -0.2) is 45.3 Å². The van der Waals surface area contributed by atoms with E-state index in [0.717, 1.165) is 36.9 Å². The van der Waals surface area contributed by atoms with Gasteiger partial charge in [-0.2, -0.15) is 5.10 Å². The Morgan fingerprint density at radius 1 is 1.32 bits per heavy atom. The summed E-state index contributed by atoms with van der Waals surface area (Å²) in [6.45, 7) is 3.49. The Morgan fingerprint density at radius 2 is 2.04 bits per heavy atom. The molecule has 2 aromatic rings. The van der Waals surface area contributed by atoms with Gasteiger partial charge in [-0.1, -0.05) is 43.7 Å². The van der Waals surface area contributed by atoms with Crippen molar-refractivity contribution in [3.05, 3.63) is 53.3 Å². The van der Waals surface area contributed by atoms with Crippen LogP contribution < -0.4 is 0 Å². The molecule has 1 fully saturated rings. The Balaban J connectivity index is 1.54. The van der Waals surface area contributed by atoms with Gasteiger partial charge in [-0.3, -0.25) is 9.89 Å². The number of aryl methyl sites for hydroxylation is 1. The van der Waals surface area contributed by atoms with Crippen molar-refractivity contribution < 1.29 is 9.90 Å². The number of hydrogen-bond donors (Lipinski definition) is 2. The lowest BCUT2D eigenvalue weighted by molar-refractivity contribution is 0.0467. The fourth-order valence-electron chi connectivity index (χ4n) is 3.62. The molecule has 3 rings (SSSR count). The van der Waals surface area contributed by atoms with Gasteiger partial charge in [-0.05, 0) is 37.2 Å². The van der Waals surface area contributed by atoms with Crippen molar-refractivity contribution in [2.75, 3.05) is 13.1 Å². The number of aliphatic hydroxyl groups excluding tert-OH is 1. The zero-order valence-corrected chi connectivity index (χ0v) is 14.8. The van der Waals surface area contributed by atoms with Gasteiger partial charge in [0.15, 0.2) is 0 Å². The Kier molecular flexibility index (Phi) is 5.87. The number of aliphatic hydroxyl groups is 1. The number of H-pyrrole nitrogens is 1. The highest BCUT2D eigenvalue weighted by Crippen LogP contribution is 2.24. The first-order valence-electron chi connectivity index (χ1n) is 9.22. The molecule has 1 aromatic heterocycles. The third kappa shape index (κ3) is 4.28. The lowest BCUT2D eigenvalue weighted by Gasteiger charge is -2.34. The van der Waals surface area contributed by atoms with Crippen LogP contribution in [-0.2, 0) is 12.8 Å². The maximum Gasteiger partial charge on any atom is 0.257 e. The van der Waals surface area contributed by atoms with Crippen LogP contribution in [0.3, 0.4) is 0 Å². The van der Waals surface area contributed by atoms with Gasteiger partial charge in [0.25, 0.3) is 5.91 Å². The van der Waals surface area contributed by atoms with Gasteiger partial charge in [0, 0.05) is 18.8 Å². The number of piperidine rings is 1. The maximum atomic E-state index is 12.7. The fourth-order valence-corrected chi connectivity index (χ4v) is 3.62. The Bertz CT molecular complexity index is 675. The summed E-state index contributed by atoms with van der Waals surface area (Å²) in [5, 5.41) is 17.5. The number of hydrogen-bond acceptors (Lipinski definition) is 3. The van der Waals surface area contributed by atoms with Crippen LogP contribution in [0.2, 0.25) is 0 Å². The topological polar surface area (TPSA) is 69.2 Å². The first-order valence-corrected chi connectivity index (χ1v) is 9.22. The summed E-state index contributed by atoms with van der Waals surface area (Å²) in [7, 11) is 0. The molecule has 5 heteroatoms. The molecule has 25 heavy (non-hydrogen) atoms. The van der Waals surface area contributed by atoms with Gasteiger partial charge in [-0.15, -0.1) is 0 Å². The highest BCUT2D eigenvalue weighted by atomic mass is 16.3. The van der Waals surface area contributed by atoms with E-state index >= 15 is 0 Å². The lowest BCUT2D eigenvalue weighted by Crippen LogP contribution is -2.41. The molecule has 1 amide bonds. The van der Waals surface area contributed by atoms with Gasteiger partial charge >= 0.3 is 0 Å². The SMILES string of the molecule is CCCc1[nH]ncc1C(=O)N1CCC(C(O)Cc2ccccc2)CC1. The Hall–Kier alpha value is -2.14. The predicted octanol–water partition coefficient (Wildman–Crippen LogP) is 2.82. The highest BCUT2D eigenvalue weighted by molar-refractivity contribution is 5.95. The number of carbonyl (C=O) groups excluding carboxylic acids is 1. The molecule has 134 valence electrons. The van der Waals surface area contributed by atoms with Crippen LogP contribution in [0.15, 0.2) is 36.5 Å². The van der Waals surface area contributed by atoms with Crippen molar-refractivity contribution >= 4 is 5.91 Å². The molecular formula is C20H27N3O2. The second-order valence-corrected chi connectivity index (χ2v) is 6.90. The van der Waals surface area contributed by atoms with Crippen LogP contribution in [0.1, 0.15) is 47.8 Å². The van der Waals surface area contributed by atoms with Crippen molar-refractivity contribution in [2.24, 2.45) is 5.92 Å². The zero-order valence-electron chi connectivity index (χ0n) is 14.8. The summed E-state index contributed by atoms with van der Waals surface area (Å²) in [6.07, 6.45) is 5.50. The van der Waals surface area contributed by atoms with Crippen molar-refractivity contribution in [2.45, 2.75) is 45.1 Å². The first kappa shape index (κ1) is 17.7. The monoisotopic (exact) mass is 341 g/mol. The molecule has 1 aliphatic heterocycles. The number of aromatic nitrogens is 2. The van der Waals surface area contributed by atoms with E-state index in [1.807, 2.05) is 23.1 Å². The second kappa shape index (κ2) is 8.30. The van der Waals surface area contributed by atoms with E-state index in [0.29, 0.717) is 25.1 Å². The van der Waals surface area contributed by atoms with Crippen LogP contribution in [0.25, 0.3) is 0 Å². The molecule has 1 aliphatic rings. The van der Waals surface area contributed by atoms with Crippen LogP contribution in [0.4, 0.5) is 0 Å². The molecule has 1 unspecified atom stereocenters. The number of nitrogens with one attached hydrogen (secondary N) is 1.